The summed E-state index contributed by atoms with van der Waals surface area (Å²) >= 11 is 0. The standard InChI is InChI=1S/C27H23FN2O4/c1-17-25(21-9-2-3-10-23(21)31)22(13-12-18-6-4-8-20(28)14-18)27(32)30(29-17)15-19-7-5-11-24-26(19)34-16-33-24/h2-11,14,31H,12-13,15-16H2,1H3. The first kappa shape index (κ1) is 21.7. The molecule has 1 N–H and O–H groups in total. The molecule has 5 rings (SSSR count). The van der Waals surface area contributed by atoms with E-state index in [-0.39, 0.29) is 30.5 Å². The van der Waals surface area contributed by atoms with Crippen LogP contribution in [0, 0.1) is 12.7 Å². The number of phenolic OH excluding ortho intramolecular Hbond substituents is 1. The fourth-order valence-corrected chi connectivity index (χ4v) is 4.38. The van der Waals surface area contributed by atoms with E-state index in [2.05, 4.69) is 5.10 Å². The SMILES string of the molecule is Cc1nn(Cc2cccc3c2OCO3)c(=O)c(CCc2cccc(F)c2)c1-c1ccccc1O. The zero-order valence-corrected chi connectivity index (χ0v) is 18.6. The topological polar surface area (TPSA) is 73.6 Å². The Morgan fingerprint density at radius 3 is 2.68 bits per heavy atom. The zero-order valence-electron chi connectivity index (χ0n) is 18.6. The third-order valence-corrected chi connectivity index (χ3v) is 5.95. The van der Waals surface area contributed by atoms with Crippen LogP contribution in [0.4, 0.5) is 4.39 Å². The molecule has 0 fully saturated rings. The Bertz CT molecular complexity index is 1430. The Kier molecular flexibility index (Phi) is 5.76. The molecular formula is C27H23FN2O4. The van der Waals surface area contributed by atoms with Crippen LogP contribution in [0.1, 0.15) is 22.4 Å². The number of benzene rings is 3. The van der Waals surface area contributed by atoms with E-state index in [4.69, 9.17) is 9.47 Å². The van der Waals surface area contributed by atoms with Crippen molar-refractivity contribution in [3.05, 3.63) is 105 Å². The first-order valence-electron chi connectivity index (χ1n) is 11.0. The molecule has 0 saturated heterocycles. The molecule has 0 saturated carbocycles. The Labute approximate surface area is 195 Å². The van der Waals surface area contributed by atoms with E-state index in [1.165, 1.54) is 16.8 Å². The summed E-state index contributed by atoms with van der Waals surface area (Å²) < 4.78 is 26.2. The highest BCUT2D eigenvalue weighted by Gasteiger charge is 2.22. The molecule has 7 heteroatoms. The van der Waals surface area contributed by atoms with Gasteiger partial charge in [0.25, 0.3) is 5.56 Å². The third-order valence-electron chi connectivity index (χ3n) is 5.95. The minimum absolute atomic E-state index is 0.0722. The highest BCUT2D eigenvalue weighted by atomic mass is 19.1. The van der Waals surface area contributed by atoms with Gasteiger partial charge in [-0.2, -0.15) is 5.10 Å². The summed E-state index contributed by atoms with van der Waals surface area (Å²) in [6.07, 6.45) is 0.830. The lowest BCUT2D eigenvalue weighted by molar-refractivity contribution is 0.173. The lowest BCUT2D eigenvalue weighted by Gasteiger charge is -2.17. The number of hydrogen-bond acceptors (Lipinski definition) is 5. The number of para-hydroxylation sites is 2. The van der Waals surface area contributed by atoms with E-state index in [9.17, 15) is 14.3 Å². The Morgan fingerprint density at radius 2 is 1.85 bits per heavy atom. The molecule has 1 aromatic heterocycles. The molecule has 0 bridgehead atoms. The van der Waals surface area contributed by atoms with E-state index in [0.717, 1.165) is 11.1 Å². The third kappa shape index (κ3) is 4.12. The van der Waals surface area contributed by atoms with Crippen LogP contribution >= 0.6 is 0 Å². The number of ether oxygens (including phenoxy) is 2. The minimum Gasteiger partial charge on any atom is -0.507 e. The van der Waals surface area contributed by atoms with Gasteiger partial charge in [-0.1, -0.05) is 42.5 Å². The summed E-state index contributed by atoms with van der Waals surface area (Å²) in [5.41, 5.74) is 3.59. The van der Waals surface area contributed by atoms with Crippen molar-refractivity contribution < 1.29 is 19.0 Å². The molecule has 0 aliphatic carbocycles. The van der Waals surface area contributed by atoms with Crippen LogP contribution in [-0.4, -0.2) is 21.7 Å². The van der Waals surface area contributed by atoms with Gasteiger partial charge in [0, 0.05) is 22.3 Å². The molecule has 1 aliphatic rings. The second-order valence-electron chi connectivity index (χ2n) is 8.20. The maximum absolute atomic E-state index is 13.7. The van der Waals surface area contributed by atoms with Crippen molar-refractivity contribution in [2.45, 2.75) is 26.3 Å². The van der Waals surface area contributed by atoms with Gasteiger partial charge in [0.1, 0.15) is 11.6 Å². The number of aromatic hydroxyl groups is 1. The van der Waals surface area contributed by atoms with Crippen LogP contribution in [0.25, 0.3) is 11.1 Å². The van der Waals surface area contributed by atoms with Gasteiger partial charge in [-0.15, -0.1) is 0 Å². The maximum Gasteiger partial charge on any atom is 0.270 e. The molecule has 3 aromatic carbocycles. The maximum atomic E-state index is 13.7. The Balaban J connectivity index is 1.60. The largest absolute Gasteiger partial charge is 0.507 e. The molecule has 0 unspecified atom stereocenters. The molecule has 0 spiro atoms. The van der Waals surface area contributed by atoms with Crippen LogP contribution < -0.4 is 15.0 Å². The number of fused-ring (bicyclic) bond motifs is 1. The van der Waals surface area contributed by atoms with Crippen LogP contribution in [0.3, 0.4) is 0 Å². The molecule has 6 nitrogen and oxygen atoms in total. The fraction of sp³-hybridized carbons (Fsp3) is 0.185. The fourth-order valence-electron chi connectivity index (χ4n) is 4.38. The number of aryl methyl sites for hydroxylation is 2. The monoisotopic (exact) mass is 458 g/mol. The average molecular weight is 458 g/mol. The summed E-state index contributed by atoms with van der Waals surface area (Å²) in [5.74, 6) is 1.00. The quantitative estimate of drug-likeness (QED) is 0.456. The van der Waals surface area contributed by atoms with Crippen LogP contribution in [0.2, 0.25) is 0 Å². The molecule has 2 heterocycles. The van der Waals surface area contributed by atoms with E-state index in [1.807, 2.05) is 31.2 Å². The van der Waals surface area contributed by atoms with Gasteiger partial charge < -0.3 is 14.6 Å². The van der Waals surface area contributed by atoms with Gasteiger partial charge >= 0.3 is 0 Å². The zero-order chi connectivity index (χ0) is 23.7. The van der Waals surface area contributed by atoms with Gasteiger partial charge in [-0.3, -0.25) is 4.79 Å². The Morgan fingerprint density at radius 1 is 1.03 bits per heavy atom. The number of phenols is 1. The van der Waals surface area contributed by atoms with Crippen LogP contribution in [-0.2, 0) is 19.4 Å². The molecular weight excluding hydrogens is 435 g/mol. The summed E-state index contributed by atoms with van der Waals surface area (Å²) in [5, 5.41) is 15.1. The second-order valence-corrected chi connectivity index (χ2v) is 8.20. The van der Waals surface area contributed by atoms with E-state index in [1.54, 1.807) is 30.3 Å². The highest BCUT2D eigenvalue weighted by Crippen LogP contribution is 2.36. The first-order chi connectivity index (χ1) is 16.5. The summed E-state index contributed by atoms with van der Waals surface area (Å²) in [4.78, 5) is 13.7. The van der Waals surface area contributed by atoms with Crippen molar-refractivity contribution in [3.63, 3.8) is 0 Å². The molecule has 0 radical (unpaired) electrons. The molecule has 1 aliphatic heterocycles. The van der Waals surface area contributed by atoms with Gasteiger partial charge in [0.2, 0.25) is 6.79 Å². The molecule has 0 amide bonds. The predicted octanol–water partition coefficient (Wildman–Crippen LogP) is 4.63. The normalized spacial score (nSPS) is 12.2. The molecule has 172 valence electrons. The number of halogens is 1. The smallest absolute Gasteiger partial charge is 0.270 e. The number of aromatic nitrogens is 2. The average Bonchev–Trinajstić information content (AvgIpc) is 3.31. The van der Waals surface area contributed by atoms with Crippen molar-refractivity contribution in [2.24, 2.45) is 0 Å². The minimum atomic E-state index is -0.318. The van der Waals surface area contributed by atoms with Gasteiger partial charge in [0.15, 0.2) is 11.5 Å². The second kappa shape index (κ2) is 9.02. The summed E-state index contributed by atoms with van der Waals surface area (Å²) in [6.45, 7) is 2.16. The van der Waals surface area contributed by atoms with Crippen LogP contribution in [0.5, 0.6) is 17.2 Å². The lowest BCUT2D eigenvalue weighted by Crippen LogP contribution is -2.29. The molecule has 0 atom stereocenters. The lowest BCUT2D eigenvalue weighted by atomic mass is 9.94. The summed E-state index contributed by atoms with van der Waals surface area (Å²) in [7, 11) is 0. The van der Waals surface area contributed by atoms with Gasteiger partial charge in [0.05, 0.1) is 12.2 Å². The number of rotatable bonds is 6. The number of hydrogen-bond donors (Lipinski definition) is 1. The Hall–Kier alpha value is -4.13. The summed E-state index contributed by atoms with van der Waals surface area (Å²) in [6, 6.07) is 18.8. The first-order valence-corrected chi connectivity index (χ1v) is 11.0. The predicted molar refractivity (Wildman–Crippen MR) is 126 cm³/mol. The van der Waals surface area contributed by atoms with Crippen molar-refractivity contribution in [2.75, 3.05) is 6.79 Å². The van der Waals surface area contributed by atoms with E-state index < -0.39 is 0 Å². The van der Waals surface area contributed by atoms with E-state index in [0.29, 0.717) is 46.7 Å². The van der Waals surface area contributed by atoms with E-state index >= 15 is 0 Å². The van der Waals surface area contributed by atoms with Crippen LogP contribution in [0.15, 0.2) is 71.5 Å². The van der Waals surface area contributed by atoms with Crippen molar-refractivity contribution in [1.82, 2.24) is 9.78 Å². The van der Waals surface area contributed by atoms with Crippen molar-refractivity contribution in [1.29, 1.82) is 0 Å². The molecule has 4 aromatic rings. The van der Waals surface area contributed by atoms with Crippen molar-refractivity contribution >= 4 is 0 Å². The molecule has 34 heavy (non-hydrogen) atoms. The van der Waals surface area contributed by atoms with Gasteiger partial charge in [-0.05, 0) is 49.6 Å². The van der Waals surface area contributed by atoms with Crippen molar-refractivity contribution in [3.8, 4) is 28.4 Å². The van der Waals surface area contributed by atoms with Gasteiger partial charge in [-0.25, -0.2) is 9.07 Å². The number of nitrogens with zero attached hydrogens (tertiary/aromatic N) is 2. The highest BCUT2D eigenvalue weighted by molar-refractivity contribution is 5.74.